The van der Waals surface area contributed by atoms with Crippen LogP contribution in [0.5, 0.6) is 0 Å². The van der Waals surface area contributed by atoms with Crippen molar-refractivity contribution in [2.45, 2.75) is 70.0 Å². The molecule has 19 heavy (non-hydrogen) atoms. The Morgan fingerprint density at radius 2 is 1.95 bits per heavy atom. The van der Waals surface area contributed by atoms with Gasteiger partial charge in [-0.05, 0) is 32.1 Å². The summed E-state index contributed by atoms with van der Waals surface area (Å²) in [5.41, 5.74) is 0.684. The van der Waals surface area contributed by atoms with E-state index in [4.69, 9.17) is 4.74 Å². The molecule has 2 saturated heterocycles. The predicted octanol–water partition coefficient (Wildman–Crippen LogP) is 2.41. The van der Waals surface area contributed by atoms with Gasteiger partial charge in [0.25, 0.3) is 0 Å². The van der Waals surface area contributed by atoms with Gasteiger partial charge in [0, 0.05) is 36.8 Å². The molecule has 3 heteroatoms. The van der Waals surface area contributed by atoms with E-state index < -0.39 is 0 Å². The summed E-state index contributed by atoms with van der Waals surface area (Å²) in [5.74, 6) is 0.712. The number of ether oxygens (including phenoxy) is 1. The van der Waals surface area contributed by atoms with Crippen LogP contribution in [0.1, 0.15) is 52.9 Å². The fourth-order valence-corrected chi connectivity index (χ4v) is 4.39. The lowest BCUT2D eigenvalue weighted by atomic mass is 9.84. The molecule has 0 amide bonds. The van der Waals surface area contributed by atoms with Crippen molar-refractivity contribution in [1.82, 2.24) is 10.2 Å². The molecule has 0 radical (unpaired) electrons. The first-order chi connectivity index (χ1) is 9.05. The molecule has 2 aliphatic heterocycles. The van der Waals surface area contributed by atoms with Crippen molar-refractivity contribution in [2.75, 3.05) is 26.3 Å². The lowest BCUT2D eigenvalue weighted by Gasteiger charge is -2.53. The third-order valence-corrected chi connectivity index (χ3v) is 5.78. The molecule has 3 fully saturated rings. The lowest BCUT2D eigenvalue weighted by Crippen LogP contribution is -2.69. The van der Waals surface area contributed by atoms with Crippen LogP contribution in [0.4, 0.5) is 0 Å². The highest BCUT2D eigenvalue weighted by atomic mass is 16.5. The van der Waals surface area contributed by atoms with E-state index >= 15 is 0 Å². The summed E-state index contributed by atoms with van der Waals surface area (Å²) in [6, 6.07) is 0.665. The topological polar surface area (TPSA) is 24.5 Å². The first-order valence-corrected chi connectivity index (χ1v) is 8.14. The van der Waals surface area contributed by atoms with Crippen molar-refractivity contribution in [3.8, 4) is 0 Å². The molecule has 2 atom stereocenters. The SMILES string of the molecule is CC(C)C1CNC2(CCCC2)CN1C1(C)CCOC1. The Hall–Kier alpha value is -0.120. The Labute approximate surface area is 118 Å². The zero-order chi connectivity index (χ0) is 13.5. The number of piperazine rings is 1. The molecular weight excluding hydrogens is 236 g/mol. The van der Waals surface area contributed by atoms with E-state index in [0.717, 1.165) is 19.8 Å². The highest BCUT2D eigenvalue weighted by Gasteiger charge is 2.48. The van der Waals surface area contributed by atoms with E-state index in [-0.39, 0.29) is 5.54 Å². The zero-order valence-electron chi connectivity index (χ0n) is 12.9. The van der Waals surface area contributed by atoms with E-state index in [9.17, 15) is 0 Å². The van der Waals surface area contributed by atoms with Crippen molar-refractivity contribution < 1.29 is 4.74 Å². The molecule has 0 bridgehead atoms. The maximum Gasteiger partial charge on any atom is 0.0648 e. The molecule has 1 saturated carbocycles. The normalized spacial score (nSPS) is 39.5. The van der Waals surface area contributed by atoms with Gasteiger partial charge >= 0.3 is 0 Å². The van der Waals surface area contributed by atoms with Gasteiger partial charge in [-0.1, -0.05) is 26.7 Å². The van der Waals surface area contributed by atoms with Crippen LogP contribution in [0.2, 0.25) is 0 Å². The summed E-state index contributed by atoms with van der Waals surface area (Å²) in [7, 11) is 0. The summed E-state index contributed by atoms with van der Waals surface area (Å²) in [4.78, 5) is 2.81. The van der Waals surface area contributed by atoms with Gasteiger partial charge in [0.15, 0.2) is 0 Å². The van der Waals surface area contributed by atoms with Crippen LogP contribution in [-0.4, -0.2) is 48.3 Å². The summed E-state index contributed by atoms with van der Waals surface area (Å²) in [6.45, 7) is 11.4. The largest absolute Gasteiger partial charge is 0.379 e. The molecule has 2 heterocycles. The molecule has 0 aromatic rings. The Morgan fingerprint density at radius 1 is 1.21 bits per heavy atom. The van der Waals surface area contributed by atoms with Crippen LogP contribution in [0.25, 0.3) is 0 Å². The van der Waals surface area contributed by atoms with Crippen LogP contribution in [0.15, 0.2) is 0 Å². The highest BCUT2D eigenvalue weighted by Crippen LogP contribution is 2.39. The smallest absolute Gasteiger partial charge is 0.0648 e. The Bertz CT molecular complexity index is 317. The van der Waals surface area contributed by atoms with E-state index in [1.54, 1.807) is 0 Å². The second-order valence-electron chi connectivity index (χ2n) is 7.61. The zero-order valence-corrected chi connectivity index (χ0v) is 12.9. The maximum absolute atomic E-state index is 5.73. The fraction of sp³-hybridized carbons (Fsp3) is 1.00. The molecule has 1 aliphatic carbocycles. The Kier molecular flexibility index (Phi) is 3.65. The predicted molar refractivity (Wildman–Crippen MR) is 78.4 cm³/mol. The average molecular weight is 266 g/mol. The molecule has 2 unspecified atom stereocenters. The van der Waals surface area contributed by atoms with Gasteiger partial charge in [-0.2, -0.15) is 0 Å². The number of hydrogen-bond donors (Lipinski definition) is 1. The minimum absolute atomic E-state index is 0.270. The number of nitrogens with zero attached hydrogens (tertiary/aromatic N) is 1. The lowest BCUT2D eigenvalue weighted by molar-refractivity contribution is -0.0282. The number of nitrogens with one attached hydrogen (secondary N) is 1. The molecule has 0 aromatic heterocycles. The Balaban J connectivity index is 1.82. The first kappa shape index (κ1) is 13.8. The third kappa shape index (κ3) is 2.45. The van der Waals surface area contributed by atoms with Crippen LogP contribution in [-0.2, 0) is 4.74 Å². The molecule has 3 aliphatic rings. The van der Waals surface area contributed by atoms with Crippen molar-refractivity contribution >= 4 is 0 Å². The quantitative estimate of drug-likeness (QED) is 0.830. The number of hydrogen-bond acceptors (Lipinski definition) is 3. The minimum atomic E-state index is 0.270. The van der Waals surface area contributed by atoms with Crippen molar-refractivity contribution in [2.24, 2.45) is 5.92 Å². The van der Waals surface area contributed by atoms with Gasteiger partial charge in [0.05, 0.1) is 6.61 Å². The van der Waals surface area contributed by atoms with Crippen molar-refractivity contribution in [3.63, 3.8) is 0 Å². The summed E-state index contributed by atoms with van der Waals surface area (Å²) in [5, 5.41) is 3.91. The summed E-state index contributed by atoms with van der Waals surface area (Å²) < 4.78 is 5.73. The molecule has 3 nitrogen and oxygen atoms in total. The van der Waals surface area contributed by atoms with Crippen molar-refractivity contribution in [1.29, 1.82) is 0 Å². The van der Waals surface area contributed by atoms with E-state index in [1.807, 2.05) is 0 Å². The van der Waals surface area contributed by atoms with Crippen LogP contribution in [0, 0.1) is 5.92 Å². The molecule has 0 aromatic carbocycles. The molecule has 1 spiro atoms. The van der Waals surface area contributed by atoms with E-state index in [1.165, 1.54) is 38.6 Å². The van der Waals surface area contributed by atoms with Crippen LogP contribution < -0.4 is 5.32 Å². The van der Waals surface area contributed by atoms with Crippen molar-refractivity contribution in [3.05, 3.63) is 0 Å². The van der Waals surface area contributed by atoms with Gasteiger partial charge < -0.3 is 10.1 Å². The second kappa shape index (κ2) is 5.01. The van der Waals surface area contributed by atoms with Gasteiger partial charge in [0.2, 0.25) is 0 Å². The van der Waals surface area contributed by atoms with E-state index in [2.05, 4.69) is 31.0 Å². The monoisotopic (exact) mass is 266 g/mol. The van der Waals surface area contributed by atoms with E-state index in [0.29, 0.717) is 17.5 Å². The average Bonchev–Trinajstić information content (AvgIpc) is 3.00. The minimum Gasteiger partial charge on any atom is -0.379 e. The van der Waals surface area contributed by atoms with Crippen LogP contribution in [0.3, 0.4) is 0 Å². The standard InChI is InChI=1S/C16H30N2O/c1-13(2)14-10-17-16(6-4-5-7-16)11-18(14)15(3)8-9-19-12-15/h13-14,17H,4-12H2,1-3H3. The molecule has 1 N–H and O–H groups in total. The summed E-state index contributed by atoms with van der Waals surface area (Å²) >= 11 is 0. The molecule has 3 rings (SSSR count). The fourth-order valence-electron chi connectivity index (χ4n) is 4.39. The third-order valence-electron chi connectivity index (χ3n) is 5.78. The van der Waals surface area contributed by atoms with Crippen LogP contribution >= 0.6 is 0 Å². The molecule has 110 valence electrons. The maximum atomic E-state index is 5.73. The highest BCUT2D eigenvalue weighted by molar-refractivity contribution is 5.06. The van der Waals surface area contributed by atoms with Gasteiger partial charge in [0.1, 0.15) is 0 Å². The summed E-state index contributed by atoms with van der Waals surface area (Å²) in [6.07, 6.45) is 6.74. The van der Waals surface area contributed by atoms with Gasteiger partial charge in [-0.25, -0.2) is 0 Å². The first-order valence-electron chi connectivity index (χ1n) is 8.14. The number of rotatable bonds is 2. The van der Waals surface area contributed by atoms with Gasteiger partial charge in [-0.3, -0.25) is 4.90 Å². The molecular formula is C16H30N2O. The Morgan fingerprint density at radius 3 is 2.53 bits per heavy atom. The second-order valence-corrected chi connectivity index (χ2v) is 7.61. The van der Waals surface area contributed by atoms with Gasteiger partial charge in [-0.15, -0.1) is 0 Å².